The molecule has 8 heteroatoms. The van der Waals surface area contributed by atoms with Crippen LogP contribution in [0.5, 0.6) is 0 Å². The fraction of sp³-hybridized carbons (Fsp3) is 0.500. The lowest BCUT2D eigenvalue weighted by atomic mass is 9.91. The molecule has 0 saturated carbocycles. The summed E-state index contributed by atoms with van der Waals surface area (Å²) >= 11 is 0. The Bertz CT molecular complexity index is 1030. The van der Waals surface area contributed by atoms with E-state index in [2.05, 4.69) is 17.4 Å². The van der Waals surface area contributed by atoms with Crippen molar-refractivity contribution >= 4 is 21.6 Å². The monoisotopic (exact) mass is 486 g/mol. The van der Waals surface area contributed by atoms with E-state index in [0.29, 0.717) is 31.3 Å². The molecule has 1 N–H and O–H groups in total. The maximum absolute atomic E-state index is 13.1. The van der Waals surface area contributed by atoms with Crippen molar-refractivity contribution in [3.8, 4) is 0 Å². The molecule has 2 aromatic carbocycles. The van der Waals surface area contributed by atoms with Gasteiger partial charge < -0.3 is 14.8 Å². The smallest absolute Gasteiger partial charge is 0.253 e. The minimum Gasteiger partial charge on any atom is -0.376 e. The van der Waals surface area contributed by atoms with Gasteiger partial charge in [0.25, 0.3) is 5.91 Å². The van der Waals surface area contributed by atoms with Crippen LogP contribution < -0.4 is 5.32 Å². The molecule has 34 heavy (non-hydrogen) atoms. The van der Waals surface area contributed by atoms with Gasteiger partial charge in [-0.1, -0.05) is 30.3 Å². The third kappa shape index (κ3) is 6.44. The lowest BCUT2D eigenvalue weighted by Gasteiger charge is -2.31. The number of hydrogen-bond donors (Lipinski definition) is 1. The second-order valence-electron chi connectivity index (χ2n) is 9.16. The number of piperidine rings is 1. The Morgan fingerprint density at radius 2 is 1.79 bits per heavy atom. The fourth-order valence-electron chi connectivity index (χ4n) is 4.51. The number of sulfonamides is 1. The third-order valence-electron chi connectivity index (χ3n) is 6.63. The largest absolute Gasteiger partial charge is 0.376 e. The first kappa shape index (κ1) is 24.9. The molecule has 2 heterocycles. The first-order valence-electron chi connectivity index (χ1n) is 12.1. The van der Waals surface area contributed by atoms with Crippen LogP contribution in [0.1, 0.15) is 38.2 Å². The van der Waals surface area contributed by atoms with Gasteiger partial charge in [0.05, 0.1) is 17.6 Å². The van der Waals surface area contributed by atoms with E-state index in [9.17, 15) is 13.2 Å². The molecule has 2 unspecified atom stereocenters. The van der Waals surface area contributed by atoms with Crippen LogP contribution in [0.25, 0.3) is 0 Å². The first-order chi connectivity index (χ1) is 16.4. The molecule has 2 aliphatic rings. The highest BCUT2D eigenvalue weighted by Crippen LogP contribution is 2.27. The Hall–Kier alpha value is -2.26. The molecule has 184 valence electrons. The molecule has 2 aliphatic heterocycles. The number of ether oxygens (including phenoxy) is 2. The summed E-state index contributed by atoms with van der Waals surface area (Å²) in [6.45, 7) is 3.89. The van der Waals surface area contributed by atoms with Gasteiger partial charge in [0.2, 0.25) is 10.0 Å². The van der Waals surface area contributed by atoms with Crippen molar-refractivity contribution in [2.45, 2.75) is 56.1 Å². The molecular weight excluding hydrogens is 452 g/mol. The standard InChI is InChI=1S/C26H34N2O5S/c1-20(33-19-24-8-5-17-32-24)26(29)27-23-9-11-25(12-10-23)34(30,31)28-15-13-22(14-16-28)18-21-6-3-2-4-7-21/h2-4,6-7,9-12,20,22,24H,5,8,13-19H2,1H3,(H,27,29). The predicted octanol–water partition coefficient (Wildman–Crippen LogP) is 3.85. The van der Waals surface area contributed by atoms with E-state index < -0.39 is 16.1 Å². The van der Waals surface area contributed by atoms with E-state index in [1.807, 2.05) is 18.2 Å². The molecule has 2 fully saturated rings. The van der Waals surface area contributed by atoms with Crippen LogP contribution in [0.4, 0.5) is 5.69 Å². The number of nitrogens with zero attached hydrogens (tertiary/aromatic N) is 1. The number of hydrogen-bond acceptors (Lipinski definition) is 5. The Kier molecular flexibility index (Phi) is 8.37. The van der Waals surface area contributed by atoms with Gasteiger partial charge in [0.15, 0.2) is 0 Å². The van der Waals surface area contributed by atoms with E-state index in [0.717, 1.165) is 38.7 Å². The van der Waals surface area contributed by atoms with Crippen molar-refractivity contribution in [1.29, 1.82) is 0 Å². The molecule has 4 rings (SSSR count). The molecule has 0 spiro atoms. The summed E-state index contributed by atoms with van der Waals surface area (Å²) in [5, 5.41) is 2.79. The van der Waals surface area contributed by atoms with Crippen molar-refractivity contribution in [3.63, 3.8) is 0 Å². The quantitative estimate of drug-likeness (QED) is 0.582. The van der Waals surface area contributed by atoms with E-state index in [-0.39, 0.29) is 16.9 Å². The summed E-state index contributed by atoms with van der Waals surface area (Å²) in [5.74, 6) is 0.227. The number of carbonyl (C=O) groups is 1. The van der Waals surface area contributed by atoms with E-state index >= 15 is 0 Å². The number of carbonyl (C=O) groups excluding carboxylic acids is 1. The van der Waals surface area contributed by atoms with Crippen LogP contribution in [0.3, 0.4) is 0 Å². The normalized spacial score (nSPS) is 20.8. The summed E-state index contributed by atoms with van der Waals surface area (Å²) in [7, 11) is -3.56. The van der Waals surface area contributed by atoms with Gasteiger partial charge in [-0.2, -0.15) is 4.31 Å². The van der Waals surface area contributed by atoms with Gasteiger partial charge in [-0.3, -0.25) is 4.79 Å². The number of anilines is 1. The summed E-state index contributed by atoms with van der Waals surface area (Å²) in [6.07, 6.45) is 4.11. The van der Waals surface area contributed by atoms with Crippen LogP contribution in [0.2, 0.25) is 0 Å². The van der Waals surface area contributed by atoms with Gasteiger partial charge in [0.1, 0.15) is 6.10 Å². The number of benzene rings is 2. The highest BCUT2D eigenvalue weighted by Gasteiger charge is 2.29. The zero-order chi connectivity index (χ0) is 24.0. The van der Waals surface area contributed by atoms with Gasteiger partial charge in [-0.15, -0.1) is 0 Å². The number of amides is 1. The maximum atomic E-state index is 13.1. The van der Waals surface area contributed by atoms with E-state index in [1.165, 1.54) is 5.56 Å². The van der Waals surface area contributed by atoms with Crippen molar-refractivity contribution in [1.82, 2.24) is 4.31 Å². The van der Waals surface area contributed by atoms with E-state index in [1.54, 1.807) is 35.5 Å². The summed E-state index contributed by atoms with van der Waals surface area (Å²) in [5.41, 5.74) is 1.84. The molecule has 2 saturated heterocycles. The molecule has 2 atom stereocenters. The fourth-order valence-corrected chi connectivity index (χ4v) is 5.98. The number of nitrogens with one attached hydrogen (secondary N) is 1. The van der Waals surface area contributed by atoms with Crippen LogP contribution in [0, 0.1) is 5.92 Å². The second kappa shape index (κ2) is 11.4. The molecule has 0 bridgehead atoms. The summed E-state index contributed by atoms with van der Waals surface area (Å²) < 4.78 is 38.9. The Labute approximate surface area is 202 Å². The minimum absolute atomic E-state index is 0.0585. The average molecular weight is 487 g/mol. The zero-order valence-corrected chi connectivity index (χ0v) is 20.5. The summed E-state index contributed by atoms with van der Waals surface area (Å²) in [6, 6.07) is 16.7. The summed E-state index contributed by atoms with van der Waals surface area (Å²) in [4.78, 5) is 12.6. The van der Waals surface area contributed by atoms with Crippen molar-refractivity contribution < 1.29 is 22.7 Å². The Morgan fingerprint density at radius 1 is 1.09 bits per heavy atom. The second-order valence-corrected chi connectivity index (χ2v) is 11.1. The molecule has 0 aromatic heterocycles. The van der Waals surface area contributed by atoms with Crippen LogP contribution in [-0.4, -0.2) is 57.1 Å². The third-order valence-corrected chi connectivity index (χ3v) is 8.54. The van der Waals surface area contributed by atoms with Crippen molar-refractivity contribution in [2.75, 3.05) is 31.6 Å². The molecule has 7 nitrogen and oxygen atoms in total. The van der Waals surface area contributed by atoms with Crippen LogP contribution in [0.15, 0.2) is 59.5 Å². The minimum atomic E-state index is -3.56. The van der Waals surface area contributed by atoms with E-state index in [4.69, 9.17) is 9.47 Å². The highest BCUT2D eigenvalue weighted by molar-refractivity contribution is 7.89. The lowest BCUT2D eigenvalue weighted by Crippen LogP contribution is -2.38. The van der Waals surface area contributed by atoms with Gasteiger partial charge in [0, 0.05) is 25.4 Å². The number of rotatable bonds is 9. The highest BCUT2D eigenvalue weighted by atomic mass is 32.2. The van der Waals surface area contributed by atoms with Crippen LogP contribution >= 0.6 is 0 Å². The van der Waals surface area contributed by atoms with Crippen LogP contribution in [-0.2, 0) is 30.7 Å². The topological polar surface area (TPSA) is 84.9 Å². The van der Waals surface area contributed by atoms with Crippen molar-refractivity contribution in [3.05, 3.63) is 60.2 Å². The van der Waals surface area contributed by atoms with Crippen molar-refractivity contribution in [2.24, 2.45) is 5.92 Å². The predicted molar refractivity (Wildman–Crippen MR) is 131 cm³/mol. The average Bonchev–Trinajstić information content (AvgIpc) is 3.38. The first-order valence-corrected chi connectivity index (χ1v) is 13.5. The van der Waals surface area contributed by atoms with Gasteiger partial charge in [-0.05, 0) is 74.8 Å². The molecule has 0 aliphatic carbocycles. The molecule has 2 aromatic rings. The molecular formula is C26H34N2O5S. The van der Waals surface area contributed by atoms with Gasteiger partial charge in [-0.25, -0.2) is 8.42 Å². The maximum Gasteiger partial charge on any atom is 0.253 e. The SMILES string of the molecule is CC(OCC1CCCO1)C(=O)Nc1ccc(S(=O)(=O)N2CCC(Cc3ccccc3)CC2)cc1. The lowest BCUT2D eigenvalue weighted by molar-refractivity contribution is -0.128. The Morgan fingerprint density at radius 3 is 2.44 bits per heavy atom. The van der Waals surface area contributed by atoms with Gasteiger partial charge >= 0.3 is 0 Å². The molecule has 0 radical (unpaired) electrons. The Balaban J connectivity index is 1.27. The molecule has 1 amide bonds. The zero-order valence-electron chi connectivity index (χ0n) is 19.7.